The Morgan fingerprint density at radius 3 is 2.65 bits per heavy atom. The molecule has 26 heavy (non-hydrogen) atoms. The van der Waals surface area contributed by atoms with Gasteiger partial charge in [-0.05, 0) is 63.0 Å². The van der Waals surface area contributed by atoms with E-state index in [0.717, 1.165) is 31.6 Å². The van der Waals surface area contributed by atoms with Gasteiger partial charge in [-0.15, -0.1) is 12.4 Å². The van der Waals surface area contributed by atoms with Gasteiger partial charge in [0, 0.05) is 17.9 Å². The zero-order valence-corrected chi connectivity index (χ0v) is 16.2. The van der Waals surface area contributed by atoms with E-state index in [1.807, 2.05) is 24.3 Å². The second-order valence-electron chi connectivity index (χ2n) is 6.38. The highest BCUT2D eigenvalue weighted by Gasteiger charge is 2.21. The van der Waals surface area contributed by atoms with Gasteiger partial charge in [0.25, 0.3) is 5.91 Å². The number of halogens is 2. The van der Waals surface area contributed by atoms with E-state index in [1.165, 1.54) is 6.20 Å². The van der Waals surface area contributed by atoms with E-state index in [4.69, 9.17) is 11.6 Å². The molecule has 2 aromatic rings. The average molecular weight is 395 g/mol. The van der Waals surface area contributed by atoms with Gasteiger partial charge in [0.05, 0.1) is 10.6 Å². The number of para-hydroxylation sites is 1. The Morgan fingerprint density at radius 1 is 1.23 bits per heavy atom. The molecule has 1 atom stereocenters. The molecule has 0 saturated carbocycles. The van der Waals surface area contributed by atoms with E-state index in [9.17, 15) is 4.79 Å². The first-order valence-corrected chi connectivity index (χ1v) is 9.00. The highest BCUT2D eigenvalue weighted by molar-refractivity contribution is 6.30. The Morgan fingerprint density at radius 2 is 1.96 bits per heavy atom. The van der Waals surface area contributed by atoms with Crippen molar-refractivity contribution in [2.24, 2.45) is 5.92 Å². The predicted molar refractivity (Wildman–Crippen MR) is 110 cm³/mol. The number of nitrogens with one attached hydrogen (secondary N) is 3. The maximum atomic E-state index is 12.6. The lowest BCUT2D eigenvalue weighted by atomic mass is 9.91. The smallest absolute Gasteiger partial charge is 0.258 e. The van der Waals surface area contributed by atoms with E-state index in [-0.39, 0.29) is 18.3 Å². The first-order chi connectivity index (χ1) is 12.1. The SMILES string of the molecule is CC(Nc1ccccc1C(=O)Nc1ccc(Cl)cn1)C1CCNCC1.Cl. The van der Waals surface area contributed by atoms with Gasteiger partial charge in [0.15, 0.2) is 0 Å². The molecule has 1 fully saturated rings. The number of pyridine rings is 1. The molecule has 1 aliphatic heterocycles. The van der Waals surface area contributed by atoms with Crippen molar-refractivity contribution in [3.05, 3.63) is 53.2 Å². The molecule has 0 spiro atoms. The third kappa shape index (κ3) is 5.34. The zero-order valence-electron chi connectivity index (χ0n) is 14.7. The van der Waals surface area contributed by atoms with Crippen LogP contribution >= 0.6 is 24.0 Å². The van der Waals surface area contributed by atoms with Gasteiger partial charge in [0.1, 0.15) is 5.82 Å². The quantitative estimate of drug-likeness (QED) is 0.710. The number of carbonyl (C=O) groups excluding carboxylic acids is 1. The molecule has 1 aromatic carbocycles. The molecule has 1 amide bonds. The molecule has 1 aliphatic rings. The molecule has 0 aliphatic carbocycles. The molecule has 3 rings (SSSR count). The zero-order chi connectivity index (χ0) is 17.6. The van der Waals surface area contributed by atoms with Crippen LogP contribution in [0.25, 0.3) is 0 Å². The van der Waals surface area contributed by atoms with Gasteiger partial charge in [-0.2, -0.15) is 0 Å². The topological polar surface area (TPSA) is 66.0 Å². The van der Waals surface area contributed by atoms with Crippen molar-refractivity contribution < 1.29 is 4.79 Å². The number of piperidine rings is 1. The van der Waals surface area contributed by atoms with Crippen LogP contribution in [-0.4, -0.2) is 30.0 Å². The van der Waals surface area contributed by atoms with Crippen LogP contribution < -0.4 is 16.0 Å². The van der Waals surface area contributed by atoms with Crippen LogP contribution in [0.15, 0.2) is 42.6 Å². The minimum atomic E-state index is -0.185. The number of nitrogens with zero attached hydrogens (tertiary/aromatic N) is 1. The van der Waals surface area contributed by atoms with Crippen LogP contribution in [0.4, 0.5) is 11.5 Å². The first-order valence-electron chi connectivity index (χ1n) is 8.62. The predicted octanol–water partition coefficient (Wildman–Crippen LogP) is 4.21. The summed E-state index contributed by atoms with van der Waals surface area (Å²) in [5.74, 6) is 0.904. The van der Waals surface area contributed by atoms with E-state index in [2.05, 4.69) is 27.9 Å². The summed E-state index contributed by atoms with van der Waals surface area (Å²) in [4.78, 5) is 16.8. The van der Waals surface area contributed by atoms with Gasteiger partial charge in [-0.25, -0.2) is 4.98 Å². The normalized spacial score (nSPS) is 15.6. The van der Waals surface area contributed by atoms with Gasteiger partial charge >= 0.3 is 0 Å². The fraction of sp³-hybridized carbons (Fsp3) is 0.368. The Kier molecular flexibility index (Phi) is 7.69. The van der Waals surface area contributed by atoms with Crippen molar-refractivity contribution in [3.63, 3.8) is 0 Å². The van der Waals surface area contributed by atoms with E-state index < -0.39 is 0 Å². The minimum absolute atomic E-state index is 0. The Balaban J connectivity index is 0.00000243. The van der Waals surface area contributed by atoms with Crippen molar-refractivity contribution in [3.8, 4) is 0 Å². The summed E-state index contributed by atoms with van der Waals surface area (Å²) >= 11 is 5.83. The number of amides is 1. The third-order valence-corrected chi connectivity index (χ3v) is 4.84. The van der Waals surface area contributed by atoms with Gasteiger partial charge in [-0.1, -0.05) is 23.7 Å². The van der Waals surface area contributed by atoms with Crippen molar-refractivity contribution >= 4 is 41.4 Å². The van der Waals surface area contributed by atoms with Gasteiger partial charge in [-0.3, -0.25) is 4.79 Å². The number of rotatable bonds is 5. The molecule has 1 aromatic heterocycles. The lowest BCUT2D eigenvalue weighted by Crippen LogP contribution is -2.36. The molecule has 2 heterocycles. The summed E-state index contributed by atoms with van der Waals surface area (Å²) in [7, 11) is 0. The Hall–Kier alpha value is -1.82. The Labute approximate surface area is 165 Å². The van der Waals surface area contributed by atoms with Crippen LogP contribution in [0, 0.1) is 5.92 Å². The molecule has 1 unspecified atom stereocenters. The van der Waals surface area contributed by atoms with Crippen molar-refractivity contribution in [2.75, 3.05) is 23.7 Å². The highest BCUT2D eigenvalue weighted by Crippen LogP contribution is 2.23. The van der Waals surface area contributed by atoms with E-state index >= 15 is 0 Å². The van der Waals surface area contributed by atoms with Crippen molar-refractivity contribution in [2.45, 2.75) is 25.8 Å². The van der Waals surface area contributed by atoms with Crippen LogP contribution in [-0.2, 0) is 0 Å². The maximum absolute atomic E-state index is 12.6. The number of hydrogen-bond donors (Lipinski definition) is 3. The fourth-order valence-corrected chi connectivity index (χ4v) is 3.26. The highest BCUT2D eigenvalue weighted by atomic mass is 35.5. The first kappa shape index (κ1) is 20.5. The van der Waals surface area contributed by atoms with Gasteiger partial charge in [0.2, 0.25) is 0 Å². The van der Waals surface area contributed by atoms with Crippen molar-refractivity contribution in [1.82, 2.24) is 10.3 Å². The lowest BCUT2D eigenvalue weighted by molar-refractivity contribution is 0.102. The monoisotopic (exact) mass is 394 g/mol. The minimum Gasteiger partial charge on any atom is -0.382 e. The molecule has 0 bridgehead atoms. The summed E-state index contributed by atoms with van der Waals surface area (Å²) in [6.07, 6.45) is 3.81. The van der Waals surface area contributed by atoms with E-state index in [1.54, 1.807) is 12.1 Å². The Bertz CT molecular complexity index is 718. The maximum Gasteiger partial charge on any atom is 0.258 e. The molecule has 3 N–H and O–H groups in total. The summed E-state index contributed by atoms with van der Waals surface area (Å²) < 4.78 is 0. The number of carbonyl (C=O) groups is 1. The van der Waals surface area contributed by atoms with Crippen LogP contribution in [0.5, 0.6) is 0 Å². The molecule has 7 heteroatoms. The number of anilines is 2. The molecular formula is C19H24Cl2N4O. The summed E-state index contributed by atoms with van der Waals surface area (Å²) in [5, 5.41) is 10.3. The molecule has 140 valence electrons. The molecular weight excluding hydrogens is 371 g/mol. The number of hydrogen-bond acceptors (Lipinski definition) is 4. The fourth-order valence-electron chi connectivity index (χ4n) is 3.15. The third-order valence-electron chi connectivity index (χ3n) is 4.61. The largest absolute Gasteiger partial charge is 0.382 e. The lowest BCUT2D eigenvalue weighted by Gasteiger charge is -2.30. The number of benzene rings is 1. The van der Waals surface area contributed by atoms with Crippen LogP contribution in [0.3, 0.4) is 0 Å². The molecule has 1 saturated heterocycles. The molecule has 0 radical (unpaired) electrons. The average Bonchev–Trinajstić information content (AvgIpc) is 2.64. The summed E-state index contributed by atoms with van der Waals surface area (Å²) in [6, 6.07) is 11.3. The second kappa shape index (κ2) is 9.76. The van der Waals surface area contributed by atoms with Crippen molar-refractivity contribution in [1.29, 1.82) is 0 Å². The van der Waals surface area contributed by atoms with E-state index in [0.29, 0.717) is 28.4 Å². The van der Waals surface area contributed by atoms with Crippen LogP contribution in [0.2, 0.25) is 5.02 Å². The van der Waals surface area contributed by atoms with Crippen LogP contribution in [0.1, 0.15) is 30.1 Å². The number of aromatic nitrogens is 1. The summed E-state index contributed by atoms with van der Waals surface area (Å²) in [5.41, 5.74) is 1.46. The summed E-state index contributed by atoms with van der Waals surface area (Å²) in [6.45, 7) is 4.30. The second-order valence-corrected chi connectivity index (χ2v) is 6.82. The molecule has 5 nitrogen and oxygen atoms in total. The standard InChI is InChI=1S/C19H23ClN4O.ClH/c1-13(14-8-10-21-11-9-14)23-17-5-3-2-4-16(17)19(25)24-18-7-6-15(20)12-22-18;/h2-7,12-14,21,23H,8-11H2,1H3,(H,22,24,25);1H. The van der Waals surface area contributed by atoms with Gasteiger partial charge < -0.3 is 16.0 Å².